The molecule has 0 aliphatic carbocycles. The highest BCUT2D eigenvalue weighted by Crippen LogP contribution is 2.44. The van der Waals surface area contributed by atoms with Gasteiger partial charge in [-0.2, -0.15) is 5.26 Å². The van der Waals surface area contributed by atoms with Gasteiger partial charge in [0.15, 0.2) is 0 Å². The Balaban J connectivity index is 0.00000165. The van der Waals surface area contributed by atoms with E-state index in [0.717, 1.165) is 54.1 Å². The number of benzene rings is 7. The lowest BCUT2D eigenvalue weighted by Crippen LogP contribution is -1.94. The maximum Gasteiger partial charge on any atom is 0.136 e. The van der Waals surface area contributed by atoms with Crippen molar-refractivity contribution in [3.63, 3.8) is 0 Å². The summed E-state index contributed by atoms with van der Waals surface area (Å²) in [6, 6.07) is 55.4. The molecule has 0 radical (unpaired) electrons. The summed E-state index contributed by atoms with van der Waals surface area (Å²) in [5, 5.41) is 16.3. The van der Waals surface area contributed by atoms with Crippen LogP contribution in [0.1, 0.15) is 5.56 Å². The van der Waals surface area contributed by atoms with Crippen LogP contribution in [-0.4, -0.2) is 13.7 Å². The van der Waals surface area contributed by atoms with Gasteiger partial charge in [-0.1, -0.05) is 66.4 Å². The van der Waals surface area contributed by atoms with Crippen molar-refractivity contribution < 1.29 is 8.97 Å². The first-order chi connectivity index (χ1) is 24.7. The molecule has 0 unspecified atom stereocenters. The van der Waals surface area contributed by atoms with E-state index >= 15 is 0 Å². The first-order valence-corrected chi connectivity index (χ1v) is 17.3. The second-order valence-corrected chi connectivity index (χ2v) is 13.2. The molecule has 0 saturated carbocycles. The molecule has 0 fully saturated rings. The van der Waals surface area contributed by atoms with E-state index in [2.05, 4.69) is 149 Å². The van der Waals surface area contributed by atoms with Crippen molar-refractivity contribution in [1.82, 2.24) is 9.13 Å². The summed E-state index contributed by atoms with van der Waals surface area (Å²) in [4.78, 5) is 2.24. The molecule has 0 spiro atoms. The number of aromatic nitrogens is 2. The highest BCUT2D eigenvalue weighted by atomic mass is 32.2. The maximum atomic E-state index is 9.19. The van der Waals surface area contributed by atoms with Gasteiger partial charge in [0, 0.05) is 53.5 Å². The predicted molar refractivity (Wildman–Crippen MR) is 209 cm³/mol. The zero-order valence-corrected chi connectivity index (χ0v) is 28.2. The molecule has 10 rings (SSSR count). The summed E-state index contributed by atoms with van der Waals surface area (Å²) in [6.45, 7) is 0. The first kappa shape index (κ1) is 30.2. The summed E-state index contributed by atoms with van der Waals surface area (Å²) in [5.74, 6) is 0. The highest BCUT2D eigenvalue weighted by molar-refractivity contribution is 7.99. The molecule has 7 heteroatoms. The number of nitriles is 1. The van der Waals surface area contributed by atoms with Crippen molar-refractivity contribution in [2.24, 2.45) is 0 Å². The van der Waals surface area contributed by atoms with E-state index in [1.54, 1.807) is 11.8 Å². The van der Waals surface area contributed by atoms with Crippen LogP contribution in [0, 0.1) is 11.3 Å². The van der Waals surface area contributed by atoms with Gasteiger partial charge >= 0.3 is 0 Å². The average Bonchev–Trinajstić information content (AvgIpc) is 3.83. The number of rotatable bonds is 4. The van der Waals surface area contributed by atoms with Gasteiger partial charge in [0.1, 0.15) is 11.2 Å². The van der Waals surface area contributed by atoms with Crippen LogP contribution in [0.4, 0.5) is 0 Å². The monoisotopic (exact) mass is 681 g/mol. The zero-order chi connectivity index (χ0) is 33.8. The molecule has 50 heavy (non-hydrogen) atoms. The SMILES string of the molecule is N#Cc1ccc(Sc2ccc(-n3c4cc5c6ccccc6n(-c6ccccc6)c5cc4c4c5c(ccc43)oc3ccccc35)cc2)cc1.OS. The normalized spacial score (nSPS) is 11.5. The lowest BCUT2D eigenvalue weighted by atomic mass is 10.0. The molecule has 0 atom stereocenters. The highest BCUT2D eigenvalue weighted by Gasteiger charge is 2.22. The van der Waals surface area contributed by atoms with Gasteiger partial charge in [0.05, 0.1) is 33.7 Å². The third-order valence-corrected chi connectivity index (χ3v) is 10.4. The van der Waals surface area contributed by atoms with Crippen molar-refractivity contribution in [3.8, 4) is 17.4 Å². The van der Waals surface area contributed by atoms with E-state index in [4.69, 9.17) is 8.97 Å². The first-order valence-electron chi connectivity index (χ1n) is 16.1. The van der Waals surface area contributed by atoms with Gasteiger partial charge in [-0.05, 0) is 110 Å². The standard InChI is InChI=1S/C43H25N3OS.H2OS/c44-26-27-14-18-30(19-15-27)48-31-20-16-29(17-21-31)46-37-22-23-41-43(33-11-5-7-13-40(33)47-41)42(37)35-25-38-34(24-39(35)46)32-10-4-6-12-36(32)45(38)28-8-2-1-3-9-28;1-2/h1-25H;1-2H. The number of hydrogen-bond acceptors (Lipinski definition) is 5. The summed E-state index contributed by atoms with van der Waals surface area (Å²) >= 11 is 4.22. The third-order valence-electron chi connectivity index (χ3n) is 9.39. The van der Waals surface area contributed by atoms with Crippen LogP contribution < -0.4 is 0 Å². The van der Waals surface area contributed by atoms with E-state index in [-0.39, 0.29) is 0 Å². The smallest absolute Gasteiger partial charge is 0.136 e. The Morgan fingerprint density at radius 3 is 1.86 bits per heavy atom. The lowest BCUT2D eigenvalue weighted by Gasteiger charge is -2.10. The molecule has 3 heterocycles. The largest absolute Gasteiger partial charge is 0.456 e. The van der Waals surface area contributed by atoms with E-state index in [0.29, 0.717) is 5.56 Å². The Morgan fingerprint density at radius 1 is 0.500 bits per heavy atom. The van der Waals surface area contributed by atoms with Gasteiger partial charge in [-0.25, -0.2) is 0 Å². The van der Waals surface area contributed by atoms with Crippen LogP contribution in [-0.2, 0) is 0 Å². The minimum atomic E-state index is 0.668. The molecule has 0 amide bonds. The second-order valence-electron chi connectivity index (χ2n) is 12.1. The van der Waals surface area contributed by atoms with Crippen LogP contribution >= 0.6 is 24.7 Å². The number of furan rings is 1. The zero-order valence-electron chi connectivity index (χ0n) is 26.5. The summed E-state index contributed by atoms with van der Waals surface area (Å²) in [7, 11) is 0. The number of fused-ring (bicyclic) bond motifs is 10. The lowest BCUT2D eigenvalue weighted by molar-refractivity contribution is 0.669. The second kappa shape index (κ2) is 12.2. The number of thiol groups is 1. The fourth-order valence-corrected chi connectivity index (χ4v) is 8.13. The Kier molecular flexibility index (Phi) is 7.36. The van der Waals surface area contributed by atoms with Crippen LogP contribution in [0.5, 0.6) is 0 Å². The van der Waals surface area contributed by atoms with Crippen molar-refractivity contribution in [2.75, 3.05) is 0 Å². The van der Waals surface area contributed by atoms with Crippen molar-refractivity contribution in [2.45, 2.75) is 9.79 Å². The Bertz CT molecular complexity index is 2920. The molecule has 1 N–H and O–H groups in total. The minimum Gasteiger partial charge on any atom is -0.456 e. The van der Waals surface area contributed by atoms with Crippen LogP contribution in [0.15, 0.2) is 166 Å². The molecule has 0 saturated heterocycles. The minimum absolute atomic E-state index is 0.668. The fourth-order valence-electron chi connectivity index (χ4n) is 7.31. The third kappa shape index (κ3) is 4.69. The van der Waals surface area contributed by atoms with E-state index < -0.39 is 0 Å². The molecule has 5 nitrogen and oxygen atoms in total. The van der Waals surface area contributed by atoms with Gasteiger partial charge < -0.3 is 18.1 Å². The van der Waals surface area contributed by atoms with E-state index in [1.165, 1.54) is 32.6 Å². The van der Waals surface area contributed by atoms with Crippen molar-refractivity contribution in [3.05, 3.63) is 157 Å². The van der Waals surface area contributed by atoms with Crippen LogP contribution in [0.25, 0.3) is 76.9 Å². The van der Waals surface area contributed by atoms with E-state index in [9.17, 15) is 5.26 Å². The molecule has 0 aliphatic rings. The van der Waals surface area contributed by atoms with Gasteiger partial charge in [0.25, 0.3) is 0 Å². The molecule has 0 bridgehead atoms. The molecule has 10 aromatic rings. The van der Waals surface area contributed by atoms with Crippen molar-refractivity contribution in [1.29, 1.82) is 5.26 Å². The number of para-hydroxylation sites is 3. The number of nitrogens with zero attached hydrogens (tertiary/aromatic N) is 3. The Labute approximate surface area is 296 Å². The summed E-state index contributed by atoms with van der Waals surface area (Å²) in [5.41, 5.74) is 9.34. The number of hydrogen-bond donors (Lipinski definition) is 2. The van der Waals surface area contributed by atoms with Gasteiger partial charge in [0.2, 0.25) is 0 Å². The van der Waals surface area contributed by atoms with Crippen molar-refractivity contribution >= 4 is 90.2 Å². The molecular weight excluding hydrogens is 655 g/mol. The molecule has 0 aliphatic heterocycles. The van der Waals surface area contributed by atoms with E-state index in [1.807, 2.05) is 30.3 Å². The molecule has 7 aromatic carbocycles. The Hall–Kier alpha value is -5.91. The molecular formula is C43H27N3O2S2. The van der Waals surface area contributed by atoms with Crippen LogP contribution in [0.3, 0.4) is 0 Å². The average molecular weight is 682 g/mol. The molecule has 3 aromatic heterocycles. The van der Waals surface area contributed by atoms with Gasteiger partial charge in [-0.3, -0.25) is 0 Å². The summed E-state index contributed by atoms with van der Waals surface area (Å²) in [6.07, 6.45) is 0. The van der Waals surface area contributed by atoms with Crippen LogP contribution in [0.2, 0.25) is 0 Å². The Morgan fingerprint density at radius 2 is 1.10 bits per heavy atom. The predicted octanol–water partition coefficient (Wildman–Crippen LogP) is 12.2. The quantitative estimate of drug-likeness (QED) is 0.143. The fraction of sp³-hybridized carbons (Fsp3) is 0. The topological polar surface area (TPSA) is 67.0 Å². The van der Waals surface area contributed by atoms with Gasteiger partial charge in [-0.15, -0.1) is 0 Å². The maximum absolute atomic E-state index is 9.19. The molecule has 238 valence electrons. The summed E-state index contributed by atoms with van der Waals surface area (Å²) < 4.78 is 17.9.